The van der Waals surface area contributed by atoms with Crippen molar-refractivity contribution in [2.45, 2.75) is 6.92 Å². The Morgan fingerprint density at radius 1 is 1.71 bits per heavy atom. The quantitative estimate of drug-likeness (QED) is 0.450. The monoisotopic (exact) mass is 277 g/mol. The summed E-state index contributed by atoms with van der Waals surface area (Å²) in [5.41, 5.74) is 0. The van der Waals surface area contributed by atoms with Crippen LogP contribution in [0.25, 0.3) is 0 Å². The predicted molar refractivity (Wildman–Crippen MR) is 17.1 cm³/mol. The van der Waals surface area contributed by atoms with Gasteiger partial charge in [0.05, 0.1) is 0 Å². The van der Waals surface area contributed by atoms with Gasteiger partial charge in [-0.1, -0.05) is 0 Å². The summed E-state index contributed by atoms with van der Waals surface area (Å²) in [7, 11) is 0. The zero-order valence-corrected chi connectivity index (χ0v) is 6.76. The average molecular weight is 277 g/mol. The summed E-state index contributed by atoms with van der Waals surface area (Å²) in [5.74, 6) is 0. The summed E-state index contributed by atoms with van der Waals surface area (Å²) in [6, 6.07) is 0. The molecule has 1 radical (unpaired) electrons. The fourth-order valence-electron chi connectivity index (χ4n) is 0. The topological polar surface area (TPSA) is 34.1 Å². The van der Waals surface area contributed by atoms with Crippen LogP contribution in [0.3, 0.4) is 0 Å². The second-order valence-corrected chi connectivity index (χ2v) is 0.607. The maximum absolute atomic E-state index is 8.68. The van der Waals surface area contributed by atoms with Crippen LogP contribution in [-0.2, 0) is 46.9 Å². The summed E-state index contributed by atoms with van der Waals surface area (Å²) < 4.78 is 1.39. The zero-order chi connectivity index (χ0) is 5.41. The van der Waals surface area contributed by atoms with Crippen molar-refractivity contribution in [3.05, 3.63) is 0 Å². The first-order valence-corrected chi connectivity index (χ1v) is 1.89. The molecule has 0 heterocycles. The van der Waals surface area contributed by atoms with E-state index in [4.69, 9.17) is 9.59 Å². The number of carbonyl (C=O) groups excluding carboxylic acids is 2. The molecule has 46 valence electrons. The minimum atomic E-state index is 0. The summed E-state index contributed by atoms with van der Waals surface area (Å²) >= 11 is 1.92. The maximum atomic E-state index is 8.68. The van der Waals surface area contributed by atoms with Crippen molar-refractivity contribution >= 4 is 10.8 Å². The molecular formula is C3H3O2Rh2-. The smallest absolute Gasteiger partial charge is 0 e. The summed E-state index contributed by atoms with van der Waals surface area (Å²) in [4.78, 5) is 17.3. The van der Waals surface area contributed by atoms with Crippen molar-refractivity contribution in [1.82, 2.24) is 0 Å². The molecule has 0 aromatic carbocycles. The van der Waals surface area contributed by atoms with E-state index in [1.165, 1.54) is 17.7 Å². The third-order valence-corrected chi connectivity index (χ3v) is 0. The van der Waals surface area contributed by atoms with Crippen LogP contribution in [0.4, 0.5) is 0 Å². The molecule has 0 aromatic rings. The van der Waals surface area contributed by atoms with Crippen LogP contribution in [0.5, 0.6) is 0 Å². The van der Waals surface area contributed by atoms with Crippen LogP contribution in [-0.4, -0.2) is 10.8 Å². The first-order valence-electron chi connectivity index (χ1n) is 1.07. The fraction of sp³-hybridized carbons (Fsp3) is 0.333. The fourth-order valence-corrected chi connectivity index (χ4v) is 0. The number of hydrogen-bond acceptors (Lipinski definition) is 2. The molecule has 2 nitrogen and oxygen atoms in total. The molecule has 0 rings (SSSR count). The first kappa shape index (κ1) is 15.6. The molecule has 0 spiro atoms. The van der Waals surface area contributed by atoms with E-state index in [2.05, 4.69) is 0 Å². The van der Waals surface area contributed by atoms with Gasteiger partial charge in [0.2, 0.25) is 0 Å². The molecule has 0 aromatic heterocycles. The minimum absolute atomic E-state index is 0. The molecule has 0 N–H and O–H groups in total. The largest absolute Gasteiger partial charge is 0 e. The third kappa shape index (κ3) is 532. The van der Waals surface area contributed by atoms with Crippen LogP contribution < -0.4 is 0 Å². The van der Waals surface area contributed by atoms with E-state index in [0.717, 1.165) is 0 Å². The molecule has 0 aliphatic rings. The molecule has 4 heteroatoms. The standard InChI is InChI=1S/C2H3O.CO.2Rh/c1-2-3;1-2;;/h1H3;;;/q-1;;;. The molecule has 0 atom stereocenters. The predicted octanol–water partition coefficient (Wildman–Crippen LogP) is -0.286. The van der Waals surface area contributed by atoms with Gasteiger partial charge in [0, 0.05) is 19.5 Å². The minimum Gasteiger partial charge on any atom is 0 e. The van der Waals surface area contributed by atoms with E-state index in [-0.39, 0.29) is 19.5 Å². The molecule has 7 heavy (non-hydrogen) atoms. The van der Waals surface area contributed by atoms with Crippen molar-refractivity contribution in [3.8, 4) is 0 Å². The first-order chi connectivity index (χ1) is 2.83. The van der Waals surface area contributed by atoms with Crippen molar-refractivity contribution in [2.75, 3.05) is 0 Å². The van der Waals surface area contributed by atoms with Gasteiger partial charge in [0.25, 0.3) is 0 Å². The molecule has 0 amide bonds. The van der Waals surface area contributed by atoms with E-state index in [0.29, 0.717) is 0 Å². The van der Waals surface area contributed by atoms with Crippen molar-refractivity contribution in [3.63, 3.8) is 0 Å². The molecule has 0 bridgehead atoms. The molecular weight excluding hydrogens is 274 g/mol. The molecule has 0 unspecified atom stereocenters. The SMILES string of the molecule is C[C-]=O.O=[C]=[Rh].[Rh]. The van der Waals surface area contributed by atoms with Gasteiger partial charge in [-0.05, 0) is 0 Å². The van der Waals surface area contributed by atoms with Gasteiger partial charge in [0.15, 0.2) is 0 Å². The van der Waals surface area contributed by atoms with Crippen LogP contribution in [0.2, 0.25) is 0 Å². The van der Waals surface area contributed by atoms with E-state index < -0.39 is 0 Å². The van der Waals surface area contributed by atoms with Crippen LogP contribution >= 0.6 is 0 Å². The number of rotatable bonds is 0. The van der Waals surface area contributed by atoms with Crippen molar-refractivity contribution in [2.24, 2.45) is 0 Å². The van der Waals surface area contributed by atoms with Crippen molar-refractivity contribution in [1.29, 1.82) is 0 Å². The van der Waals surface area contributed by atoms with Gasteiger partial charge in [-0.2, -0.15) is 6.92 Å². The van der Waals surface area contributed by atoms with E-state index >= 15 is 0 Å². The van der Waals surface area contributed by atoms with Gasteiger partial charge in [-0.15, -0.1) is 0 Å². The molecule has 0 aliphatic heterocycles. The van der Waals surface area contributed by atoms with Gasteiger partial charge < -0.3 is 4.79 Å². The van der Waals surface area contributed by atoms with Gasteiger partial charge in [-0.3, -0.25) is 6.29 Å². The Labute approximate surface area is 64.6 Å². The van der Waals surface area contributed by atoms with Gasteiger partial charge >= 0.3 is 27.1 Å². The number of hydrogen-bond donors (Lipinski definition) is 0. The van der Waals surface area contributed by atoms with E-state index in [9.17, 15) is 0 Å². The van der Waals surface area contributed by atoms with Crippen molar-refractivity contribution < 1.29 is 46.9 Å². The Morgan fingerprint density at radius 2 is 1.71 bits per heavy atom. The van der Waals surface area contributed by atoms with Gasteiger partial charge in [-0.25, -0.2) is 0 Å². The van der Waals surface area contributed by atoms with E-state index in [1.807, 2.05) is 17.9 Å². The van der Waals surface area contributed by atoms with E-state index in [1.54, 1.807) is 0 Å². The molecule has 0 saturated carbocycles. The molecule has 0 saturated heterocycles. The van der Waals surface area contributed by atoms with Gasteiger partial charge in [0.1, 0.15) is 0 Å². The second kappa shape index (κ2) is 31.5. The van der Waals surface area contributed by atoms with Crippen LogP contribution in [0.1, 0.15) is 6.92 Å². The average Bonchev–Trinajstić information content (AvgIpc) is 1.39. The third-order valence-electron chi connectivity index (χ3n) is 0. The Kier molecular flexibility index (Phi) is 70.4. The summed E-state index contributed by atoms with van der Waals surface area (Å²) in [6.45, 7) is 1.32. The Morgan fingerprint density at radius 3 is 1.71 bits per heavy atom. The summed E-state index contributed by atoms with van der Waals surface area (Å²) in [5, 5.41) is 0. The Hall–Kier alpha value is 0.497. The Bertz CT molecular complexity index is 56.0. The zero-order valence-electron chi connectivity index (χ0n) is 3.48. The molecule has 0 aliphatic carbocycles. The molecule has 0 fully saturated rings. The Balaban J connectivity index is -0.0000000400. The van der Waals surface area contributed by atoms with Crippen LogP contribution in [0.15, 0.2) is 0 Å². The van der Waals surface area contributed by atoms with Crippen LogP contribution in [0, 0.1) is 0 Å². The second-order valence-electron chi connectivity index (χ2n) is 0.272. The summed E-state index contributed by atoms with van der Waals surface area (Å²) in [6.07, 6.45) is 1.50. The maximum Gasteiger partial charge on any atom is 0 e. The normalized spacial score (nSPS) is 3.14.